The van der Waals surface area contributed by atoms with Crippen molar-refractivity contribution in [1.29, 1.82) is 0 Å². The highest BCUT2D eigenvalue weighted by Crippen LogP contribution is 2.23. The van der Waals surface area contributed by atoms with Gasteiger partial charge in [0.1, 0.15) is 16.9 Å². The maximum atomic E-state index is 12.2. The van der Waals surface area contributed by atoms with E-state index < -0.39 is 23.3 Å². The number of benzene rings is 1. The summed E-state index contributed by atoms with van der Waals surface area (Å²) in [5, 5.41) is 5.93. The van der Waals surface area contributed by atoms with Gasteiger partial charge in [0.2, 0.25) is 5.91 Å². The molecule has 30 heavy (non-hydrogen) atoms. The summed E-state index contributed by atoms with van der Waals surface area (Å²) in [5.74, 6) is -0.520. The number of carbonyl (C=O) groups is 3. The van der Waals surface area contributed by atoms with Gasteiger partial charge in [0, 0.05) is 37.5 Å². The molecule has 9 nitrogen and oxygen atoms in total. The number of nitrogens with one attached hydrogen (secondary N) is 2. The van der Waals surface area contributed by atoms with Crippen LogP contribution in [0.25, 0.3) is 11.0 Å². The Balaban J connectivity index is 1.90. The van der Waals surface area contributed by atoms with E-state index >= 15 is 0 Å². The van der Waals surface area contributed by atoms with Crippen molar-refractivity contribution >= 4 is 28.9 Å². The summed E-state index contributed by atoms with van der Waals surface area (Å²) >= 11 is 0. The van der Waals surface area contributed by atoms with Crippen LogP contribution in [0, 0.1) is 0 Å². The predicted molar refractivity (Wildman–Crippen MR) is 109 cm³/mol. The molecule has 0 saturated carbocycles. The van der Waals surface area contributed by atoms with Gasteiger partial charge in [0.05, 0.1) is 6.42 Å². The van der Waals surface area contributed by atoms with Gasteiger partial charge in [-0.1, -0.05) is 0 Å². The van der Waals surface area contributed by atoms with Gasteiger partial charge in [0.15, 0.2) is 0 Å². The third kappa shape index (κ3) is 7.57. The second-order valence-corrected chi connectivity index (χ2v) is 7.65. The van der Waals surface area contributed by atoms with Crippen LogP contribution >= 0.6 is 0 Å². The van der Waals surface area contributed by atoms with Crippen molar-refractivity contribution in [3.8, 4) is 5.75 Å². The van der Waals surface area contributed by atoms with Gasteiger partial charge < -0.3 is 24.5 Å². The number of ether oxygens (including phenoxy) is 2. The Labute approximate surface area is 173 Å². The molecule has 2 amide bonds. The van der Waals surface area contributed by atoms with Crippen molar-refractivity contribution in [2.24, 2.45) is 0 Å². The van der Waals surface area contributed by atoms with Crippen molar-refractivity contribution in [3.63, 3.8) is 0 Å². The third-order valence-electron chi connectivity index (χ3n) is 3.76. The SMILES string of the molecule is CC(=O)Oc1ccc2c(CC(=O)NCCCNC(=O)OC(C)(C)C)cc(=O)oc2c1. The van der Waals surface area contributed by atoms with Crippen LogP contribution in [-0.2, 0) is 20.7 Å². The lowest BCUT2D eigenvalue weighted by Crippen LogP contribution is -2.34. The highest BCUT2D eigenvalue weighted by Gasteiger charge is 2.15. The summed E-state index contributed by atoms with van der Waals surface area (Å²) < 4.78 is 15.3. The summed E-state index contributed by atoms with van der Waals surface area (Å²) in [6.45, 7) is 7.30. The van der Waals surface area contributed by atoms with E-state index in [4.69, 9.17) is 13.9 Å². The summed E-state index contributed by atoms with van der Waals surface area (Å²) in [5.41, 5.74) is -0.444. The first kappa shape index (κ1) is 22.9. The normalized spacial score (nSPS) is 11.1. The molecule has 1 heterocycles. The Bertz CT molecular complexity index is 989. The minimum atomic E-state index is -0.605. The summed E-state index contributed by atoms with van der Waals surface area (Å²) in [4.78, 5) is 46.7. The van der Waals surface area contributed by atoms with Gasteiger partial charge in [-0.3, -0.25) is 9.59 Å². The summed E-state index contributed by atoms with van der Waals surface area (Å²) in [7, 11) is 0. The van der Waals surface area contributed by atoms with Crippen LogP contribution in [-0.4, -0.2) is 36.7 Å². The number of esters is 1. The Hall–Kier alpha value is -3.36. The minimum Gasteiger partial charge on any atom is -0.444 e. The maximum Gasteiger partial charge on any atom is 0.407 e. The lowest BCUT2D eigenvalue weighted by Gasteiger charge is -2.19. The van der Waals surface area contributed by atoms with Crippen LogP contribution in [0.5, 0.6) is 5.75 Å². The fourth-order valence-corrected chi connectivity index (χ4v) is 2.64. The van der Waals surface area contributed by atoms with E-state index in [-0.39, 0.29) is 23.7 Å². The largest absolute Gasteiger partial charge is 0.444 e. The molecule has 1 aromatic carbocycles. The van der Waals surface area contributed by atoms with E-state index in [2.05, 4.69) is 10.6 Å². The van der Waals surface area contributed by atoms with Crippen LogP contribution < -0.4 is 21.0 Å². The molecule has 0 spiro atoms. The fourth-order valence-electron chi connectivity index (χ4n) is 2.64. The first-order chi connectivity index (χ1) is 14.0. The van der Waals surface area contributed by atoms with Crippen molar-refractivity contribution in [2.75, 3.05) is 13.1 Å². The van der Waals surface area contributed by atoms with E-state index in [0.29, 0.717) is 30.5 Å². The number of carbonyl (C=O) groups excluding carboxylic acids is 3. The van der Waals surface area contributed by atoms with E-state index in [9.17, 15) is 19.2 Å². The second kappa shape index (κ2) is 9.91. The average Bonchev–Trinajstić information content (AvgIpc) is 2.58. The van der Waals surface area contributed by atoms with Crippen LogP contribution in [0.4, 0.5) is 4.79 Å². The molecule has 0 unspecified atom stereocenters. The lowest BCUT2D eigenvalue weighted by atomic mass is 10.1. The van der Waals surface area contributed by atoms with E-state index in [1.165, 1.54) is 19.1 Å². The third-order valence-corrected chi connectivity index (χ3v) is 3.76. The first-order valence-corrected chi connectivity index (χ1v) is 9.52. The van der Waals surface area contributed by atoms with Crippen LogP contribution in [0.3, 0.4) is 0 Å². The van der Waals surface area contributed by atoms with Crippen LogP contribution in [0.1, 0.15) is 39.7 Å². The zero-order valence-corrected chi connectivity index (χ0v) is 17.5. The average molecular weight is 418 g/mol. The Morgan fingerprint density at radius 1 is 1.07 bits per heavy atom. The Morgan fingerprint density at radius 3 is 2.43 bits per heavy atom. The van der Waals surface area contributed by atoms with Crippen LogP contribution in [0.15, 0.2) is 33.5 Å². The number of alkyl carbamates (subject to hydrolysis) is 1. The molecule has 162 valence electrons. The molecule has 0 aliphatic heterocycles. The smallest absolute Gasteiger partial charge is 0.407 e. The molecule has 0 bridgehead atoms. The number of hydrogen-bond donors (Lipinski definition) is 2. The molecule has 0 aliphatic rings. The van der Waals surface area contributed by atoms with Gasteiger partial charge in [-0.25, -0.2) is 9.59 Å². The standard InChI is InChI=1S/C21H26N2O7/c1-13(24)28-15-6-7-16-14(11-19(26)29-17(16)12-15)10-18(25)22-8-5-9-23-20(27)30-21(2,3)4/h6-7,11-12H,5,8-10H2,1-4H3,(H,22,25)(H,23,27). The monoisotopic (exact) mass is 418 g/mol. The molecular weight excluding hydrogens is 392 g/mol. The highest BCUT2D eigenvalue weighted by atomic mass is 16.6. The number of hydrogen-bond acceptors (Lipinski definition) is 7. The van der Waals surface area contributed by atoms with E-state index in [0.717, 1.165) is 0 Å². The highest BCUT2D eigenvalue weighted by molar-refractivity contribution is 5.88. The lowest BCUT2D eigenvalue weighted by molar-refractivity contribution is -0.131. The Kier molecular flexibility index (Phi) is 7.57. The number of fused-ring (bicyclic) bond motifs is 1. The van der Waals surface area contributed by atoms with Crippen molar-refractivity contribution in [3.05, 3.63) is 40.2 Å². The topological polar surface area (TPSA) is 124 Å². The number of rotatable bonds is 7. The fraction of sp³-hybridized carbons (Fsp3) is 0.429. The molecule has 0 aliphatic carbocycles. The van der Waals surface area contributed by atoms with E-state index in [1.807, 2.05) is 0 Å². The zero-order chi connectivity index (χ0) is 22.3. The molecule has 2 aromatic rings. The van der Waals surface area contributed by atoms with E-state index in [1.54, 1.807) is 32.9 Å². The number of amides is 2. The van der Waals surface area contributed by atoms with Crippen molar-refractivity contribution in [1.82, 2.24) is 10.6 Å². The summed E-state index contributed by atoms with van der Waals surface area (Å²) in [6.07, 6.45) is -0.00690. The molecule has 2 rings (SSSR count). The second-order valence-electron chi connectivity index (χ2n) is 7.65. The minimum absolute atomic E-state index is 0.0193. The molecule has 9 heteroatoms. The molecule has 2 N–H and O–H groups in total. The Morgan fingerprint density at radius 2 is 1.77 bits per heavy atom. The maximum absolute atomic E-state index is 12.2. The molecular formula is C21H26N2O7. The van der Waals surface area contributed by atoms with Gasteiger partial charge in [-0.15, -0.1) is 0 Å². The molecule has 0 radical (unpaired) electrons. The van der Waals surface area contributed by atoms with Gasteiger partial charge in [-0.05, 0) is 44.9 Å². The van der Waals surface area contributed by atoms with Gasteiger partial charge in [0.25, 0.3) is 0 Å². The van der Waals surface area contributed by atoms with Crippen molar-refractivity contribution in [2.45, 2.75) is 46.1 Å². The summed E-state index contributed by atoms with van der Waals surface area (Å²) in [6, 6.07) is 5.89. The molecule has 0 saturated heterocycles. The van der Waals surface area contributed by atoms with Crippen molar-refractivity contribution < 1.29 is 28.3 Å². The van der Waals surface area contributed by atoms with Crippen LogP contribution in [0.2, 0.25) is 0 Å². The predicted octanol–water partition coefficient (Wildman–Crippen LogP) is 2.29. The molecule has 0 fully saturated rings. The molecule has 0 atom stereocenters. The molecule has 1 aromatic heterocycles. The van der Waals surface area contributed by atoms with Gasteiger partial charge in [-0.2, -0.15) is 0 Å². The first-order valence-electron chi connectivity index (χ1n) is 9.52. The quantitative estimate of drug-likeness (QED) is 0.306. The van der Waals surface area contributed by atoms with Gasteiger partial charge >= 0.3 is 17.7 Å². The zero-order valence-electron chi connectivity index (χ0n) is 17.5.